The molecule has 0 spiro atoms. The van der Waals surface area contributed by atoms with E-state index in [0.717, 1.165) is 10.9 Å². The largest absolute Gasteiger partial charge is 0.369 e. The molecule has 0 unspecified atom stereocenters. The van der Waals surface area contributed by atoms with Crippen molar-refractivity contribution in [2.24, 2.45) is 5.73 Å². The first-order chi connectivity index (χ1) is 10.6. The Morgan fingerprint density at radius 1 is 1.23 bits per heavy atom. The lowest BCUT2D eigenvalue weighted by molar-refractivity contribution is -0.117. The fourth-order valence-corrected chi connectivity index (χ4v) is 2.80. The molecule has 1 aromatic carbocycles. The smallest absolute Gasteiger partial charge is 0.258 e. The SMILES string of the molecule is NC(=O)Cc1csc(NC(=O)c2cccc3ncccc23)n1. The number of aromatic nitrogens is 2. The van der Waals surface area contributed by atoms with Crippen molar-refractivity contribution in [2.45, 2.75) is 6.42 Å². The molecule has 2 heterocycles. The molecule has 0 aliphatic heterocycles. The summed E-state index contributed by atoms with van der Waals surface area (Å²) in [6.07, 6.45) is 1.74. The molecule has 3 rings (SSSR count). The van der Waals surface area contributed by atoms with Crippen molar-refractivity contribution in [3.8, 4) is 0 Å². The van der Waals surface area contributed by atoms with E-state index in [1.165, 1.54) is 11.3 Å². The van der Waals surface area contributed by atoms with Gasteiger partial charge in [-0.1, -0.05) is 12.1 Å². The number of anilines is 1. The molecule has 7 heteroatoms. The molecule has 0 radical (unpaired) electrons. The molecule has 0 bridgehead atoms. The number of pyridine rings is 1. The van der Waals surface area contributed by atoms with Crippen LogP contribution in [0.5, 0.6) is 0 Å². The monoisotopic (exact) mass is 312 g/mol. The standard InChI is InChI=1S/C15H12N4O2S/c16-13(20)7-9-8-22-15(18-9)19-14(21)11-3-1-5-12-10(11)4-2-6-17-12/h1-6,8H,7H2,(H2,16,20)(H,18,19,21). The van der Waals surface area contributed by atoms with Crippen molar-refractivity contribution in [3.63, 3.8) is 0 Å². The average molecular weight is 312 g/mol. The molecular weight excluding hydrogens is 300 g/mol. The number of primary amides is 1. The Labute approximate surface area is 130 Å². The maximum Gasteiger partial charge on any atom is 0.258 e. The van der Waals surface area contributed by atoms with Crippen molar-refractivity contribution in [1.29, 1.82) is 0 Å². The Balaban J connectivity index is 1.84. The van der Waals surface area contributed by atoms with Crippen LogP contribution in [0.3, 0.4) is 0 Å². The average Bonchev–Trinajstić information content (AvgIpc) is 2.92. The normalized spacial score (nSPS) is 10.5. The van der Waals surface area contributed by atoms with Crippen LogP contribution in [0.15, 0.2) is 41.9 Å². The van der Waals surface area contributed by atoms with E-state index in [2.05, 4.69) is 15.3 Å². The van der Waals surface area contributed by atoms with Gasteiger partial charge in [-0.2, -0.15) is 0 Å². The number of thiazole rings is 1. The molecule has 6 nitrogen and oxygen atoms in total. The van der Waals surface area contributed by atoms with Crippen LogP contribution >= 0.6 is 11.3 Å². The molecule has 0 aliphatic rings. The maximum absolute atomic E-state index is 12.4. The summed E-state index contributed by atoms with van der Waals surface area (Å²) in [6.45, 7) is 0. The van der Waals surface area contributed by atoms with Crippen molar-refractivity contribution in [1.82, 2.24) is 9.97 Å². The zero-order valence-corrected chi connectivity index (χ0v) is 12.3. The topological polar surface area (TPSA) is 98.0 Å². The minimum Gasteiger partial charge on any atom is -0.369 e. The number of fused-ring (bicyclic) bond motifs is 1. The van der Waals surface area contributed by atoms with Gasteiger partial charge in [-0.25, -0.2) is 4.98 Å². The van der Waals surface area contributed by atoms with Crippen molar-refractivity contribution in [2.75, 3.05) is 5.32 Å². The lowest BCUT2D eigenvalue weighted by atomic mass is 10.1. The minimum absolute atomic E-state index is 0.0601. The van der Waals surface area contributed by atoms with Gasteiger partial charge in [0.2, 0.25) is 5.91 Å². The number of amides is 2. The van der Waals surface area contributed by atoms with Crippen molar-refractivity contribution >= 4 is 39.2 Å². The fraction of sp³-hybridized carbons (Fsp3) is 0.0667. The van der Waals surface area contributed by atoms with Gasteiger partial charge in [0.05, 0.1) is 17.6 Å². The number of carbonyl (C=O) groups is 2. The summed E-state index contributed by atoms with van der Waals surface area (Å²) in [7, 11) is 0. The zero-order chi connectivity index (χ0) is 15.5. The van der Waals surface area contributed by atoms with E-state index in [-0.39, 0.29) is 12.3 Å². The van der Waals surface area contributed by atoms with Gasteiger partial charge in [0, 0.05) is 22.5 Å². The van der Waals surface area contributed by atoms with Gasteiger partial charge in [-0.15, -0.1) is 11.3 Å². The second-order valence-corrected chi connectivity index (χ2v) is 5.47. The first-order valence-corrected chi connectivity index (χ1v) is 7.39. The van der Waals surface area contributed by atoms with Gasteiger partial charge >= 0.3 is 0 Å². The highest BCUT2D eigenvalue weighted by atomic mass is 32.1. The quantitative estimate of drug-likeness (QED) is 0.769. The van der Waals surface area contributed by atoms with Crippen LogP contribution < -0.4 is 11.1 Å². The number of nitrogens with one attached hydrogen (secondary N) is 1. The van der Waals surface area contributed by atoms with Gasteiger partial charge in [0.1, 0.15) is 0 Å². The van der Waals surface area contributed by atoms with E-state index in [1.54, 1.807) is 29.8 Å². The molecule has 3 aromatic rings. The van der Waals surface area contributed by atoms with E-state index >= 15 is 0 Å². The zero-order valence-electron chi connectivity index (χ0n) is 11.4. The molecule has 0 saturated heterocycles. The number of hydrogen-bond donors (Lipinski definition) is 2. The predicted octanol–water partition coefficient (Wildman–Crippen LogP) is 1.97. The molecule has 2 amide bonds. The number of carbonyl (C=O) groups excluding carboxylic acids is 2. The number of benzene rings is 1. The lowest BCUT2D eigenvalue weighted by Crippen LogP contribution is -2.14. The first-order valence-electron chi connectivity index (χ1n) is 6.51. The third-order valence-electron chi connectivity index (χ3n) is 3.02. The summed E-state index contributed by atoms with van der Waals surface area (Å²) in [5.41, 5.74) is 6.95. The molecular formula is C15H12N4O2S. The second-order valence-electron chi connectivity index (χ2n) is 4.62. The maximum atomic E-state index is 12.4. The van der Waals surface area contributed by atoms with E-state index in [4.69, 9.17) is 5.73 Å². The van der Waals surface area contributed by atoms with Gasteiger partial charge in [-0.05, 0) is 18.2 Å². The third-order valence-corrected chi connectivity index (χ3v) is 3.82. The Kier molecular flexibility index (Phi) is 3.80. The van der Waals surface area contributed by atoms with Gasteiger partial charge in [0.25, 0.3) is 5.91 Å². The molecule has 110 valence electrons. The van der Waals surface area contributed by atoms with E-state index in [0.29, 0.717) is 16.4 Å². The van der Waals surface area contributed by atoms with Crippen LogP contribution in [-0.2, 0) is 11.2 Å². The molecule has 0 fully saturated rings. The van der Waals surface area contributed by atoms with Crippen LogP contribution in [0.2, 0.25) is 0 Å². The molecule has 0 saturated carbocycles. The van der Waals surface area contributed by atoms with Crippen molar-refractivity contribution in [3.05, 3.63) is 53.2 Å². The highest BCUT2D eigenvalue weighted by Gasteiger charge is 2.13. The first kappa shape index (κ1) is 14.2. The molecule has 0 atom stereocenters. The molecule has 0 aliphatic carbocycles. The summed E-state index contributed by atoms with van der Waals surface area (Å²) < 4.78 is 0. The summed E-state index contributed by atoms with van der Waals surface area (Å²) >= 11 is 1.25. The van der Waals surface area contributed by atoms with Gasteiger partial charge in [0.15, 0.2) is 5.13 Å². The fourth-order valence-electron chi connectivity index (χ4n) is 2.09. The predicted molar refractivity (Wildman–Crippen MR) is 84.7 cm³/mol. The number of hydrogen-bond acceptors (Lipinski definition) is 5. The van der Waals surface area contributed by atoms with Crippen LogP contribution in [0.25, 0.3) is 10.9 Å². The van der Waals surface area contributed by atoms with Crippen LogP contribution in [0, 0.1) is 0 Å². The summed E-state index contributed by atoms with van der Waals surface area (Å²) in [5, 5.41) is 5.64. The summed E-state index contributed by atoms with van der Waals surface area (Å²) in [4.78, 5) is 31.6. The second kappa shape index (κ2) is 5.90. The Morgan fingerprint density at radius 2 is 2.09 bits per heavy atom. The van der Waals surface area contributed by atoms with E-state index in [9.17, 15) is 9.59 Å². The van der Waals surface area contributed by atoms with Gasteiger partial charge in [-0.3, -0.25) is 19.9 Å². The summed E-state index contributed by atoms with van der Waals surface area (Å²) in [5.74, 6) is -0.720. The van der Waals surface area contributed by atoms with Crippen molar-refractivity contribution < 1.29 is 9.59 Å². The third kappa shape index (κ3) is 2.94. The number of nitrogens with two attached hydrogens (primary N) is 1. The summed E-state index contributed by atoms with van der Waals surface area (Å²) in [6, 6.07) is 8.99. The number of rotatable bonds is 4. The van der Waals surface area contributed by atoms with E-state index in [1.807, 2.05) is 12.1 Å². The molecule has 2 aromatic heterocycles. The Bertz CT molecular complexity index is 854. The molecule has 3 N–H and O–H groups in total. The molecule has 22 heavy (non-hydrogen) atoms. The van der Waals surface area contributed by atoms with Crippen LogP contribution in [0.1, 0.15) is 16.1 Å². The van der Waals surface area contributed by atoms with Crippen LogP contribution in [0.4, 0.5) is 5.13 Å². The Hall–Kier alpha value is -2.80. The highest BCUT2D eigenvalue weighted by Crippen LogP contribution is 2.20. The van der Waals surface area contributed by atoms with Gasteiger partial charge < -0.3 is 5.73 Å². The van der Waals surface area contributed by atoms with E-state index < -0.39 is 5.91 Å². The lowest BCUT2D eigenvalue weighted by Gasteiger charge is -2.05. The Morgan fingerprint density at radius 3 is 2.91 bits per heavy atom. The highest BCUT2D eigenvalue weighted by molar-refractivity contribution is 7.14. The van der Waals surface area contributed by atoms with Crippen LogP contribution in [-0.4, -0.2) is 21.8 Å². The minimum atomic E-state index is -0.455. The number of nitrogens with zero attached hydrogens (tertiary/aromatic N) is 2.